The largest absolute Gasteiger partial charge is 0.454 e. The highest BCUT2D eigenvalue weighted by molar-refractivity contribution is 5.51. The molecule has 5 rings (SSSR count). The smallest absolute Gasteiger partial charge is 0.231 e. The van der Waals surface area contributed by atoms with Crippen LogP contribution in [0, 0.1) is 0 Å². The van der Waals surface area contributed by atoms with Crippen LogP contribution in [0.15, 0.2) is 54.9 Å². The number of hydrogen-bond donors (Lipinski definition) is 1. The van der Waals surface area contributed by atoms with Crippen molar-refractivity contribution in [2.75, 3.05) is 23.6 Å². The van der Waals surface area contributed by atoms with Crippen molar-refractivity contribution in [3.8, 4) is 11.5 Å². The van der Waals surface area contributed by atoms with Gasteiger partial charge in [0, 0.05) is 25.7 Å². The Hall–Kier alpha value is -3.28. The van der Waals surface area contributed by atoms with Gasteiger partial charge in [-0.1, -0.05) is 30.3 Å². The molecule has 0 aliphatic carbocycles. The first-order valence-electron chi connectivity index (χ1n) is 9.11. The lowest BCUT2D eigenvalue weighted by Gasteiger charge is -2.29. The average molecular weight is 360 g/mol. The first kappa shape index (κ1) is 15.9. The molecule has 0 amide bonds. The van der Waals surface area contributed by atoms with Gasteiger partial charge in [0.1, 0.15) is 18.0 Å². The Morgan fingerprint density at radius 1 is 0.963 bits per heavy atom. The van der Waals surface area contributed by atoms with Gasteiger partial charge in [-0.3, -0.25) is 0 Å². The fourth-order valence-electron chi connectivity index (χ4n) is 3.55. The maximum atomic E-state index is 5.44. The topological polar surface area (TPSA) is 59.5 Å². The van der Waals surface area contributed by atoms with Gasteiger partial charge in [0.2, 0.25) is 6.79 Å². The van der Waals surface area contributed by atoms with E-state index >= 15 is 0 Å². The van der Waals surface area contributed by atoms with Crippen molar-refractivity contribution in [2.24, 2.45) is 0 Å². The summed E-state index contributed by atoms with van der Waals surface area (Å²) in [6.45, 7) is 2.81. The highest BCUT2D eigenvalue weighted by atomic mass is 16.7. The van der Waals surface area contributed by atoms with Gasteiger partial charge in [-0.25, -0.2) is 9.97 Å². The molecule has 2 aliphatic heterocycles. The first-order chi connectivity index (χ1) is 13.3. The summed E-state index contributed by atoms with van der Waals surface area (Å²) < 4.78 is 10.8. The van der Waals surface area contributed by atoms with Crippen LogP contribution < -0.4 is 19.7 Å². The van der Waals surface area contributed by atoms with Crippen molar-refractivity contribution in [1.82, 2.24) is 9.97 Å². The van der Waals surface area contributed by atoms with Crippen molar-refractivity contribution < 1.29 is 9.47 Å². The summed E-state index contributed by atoms with van der Waals surface area (Å²) in [7, 11) is 0. The van der Waals surface area contributed by atoms with E-state index < -0.39 is 0 Å². The van der Waals surface area contributed by atoms with E-state index in [1.807, 2.05) is 24.3 Å². The number of hydrogen-bond acceptors (Lipinski definition) is 6. The molecular formula is C21H20N4O2. The monoisotopic (exact) mass is 360 g/mol. The molecule has 0 spiro atoms. The van der Waals surface area contributed by atoms with Gasteiger partial charge in [0.15, 0.2) is 11.5 Å². The molecule has 0 fully saturated rings. The van der Waals surface area contributed by atoms with Crippen LogP contribution in [0.3, 0.4) is 0 Å². The Kier molecular flexibility index (Phi) is 4.01. The van der Waals surface area contributed by atoms with Crippen LogP contribution >= 0.6 is 0 Å². The summed E-state index contributed by atoms with van der Waals surface area (Å²) >= 11 is 0. The lowest BCUT2D eigenvalue weighted by molar-refractivity contribution is 0.174. The highest BCUT2D eigenvalue weighted by Crippen LogP contribution is 2.32. The molecule has 27 heavy (non-hydrogen) atoms. The third-order valence-corrected chi connectivity index (χ3v) is 5.02. The second kappa shape index (κ2) is 6.79. The van der Waals surface area contributed by atoms with Crippen LogP contribution in [0.25, 0.3) is 0 Å². The second-order valence-corrected chi connectivity index (χ2v) is 6.74. The van der Waals surface area contributed by atoms with Crippen molar-refractivity contribution >= 4 is 11.6 Å². The van der Waals surface area contributed by atoms with Crippen molar-refractivity contribution in [3.63, 3.8) is 0 Å². The highest BCUT2D eigenvalue weighted by Gasteiger charge is 2.17. The lowest BCUT2D eigenvalue weighted by Crippen LogP contribution is -2.31. The minimum Gasteiger partial charge on any atom is -0.454 e. The molecule has 0 saturated heterocycles. The maximum Gasteiger partial charge on any atom is 0.231 e. The van der Waals surface area contributed by atoms with Crippen LogP contribution in [0.4, 0.5) is 11.6 Å². The SMILES string of the molecule is c1ccc2c(c1)CCN(c1cc(NCc3ccc4c(c3)OCO4)ncn1)C2. The number of aromatic nitrogens is 2. The second-order valence-electron chi connectivity index (χ2n) is 6.74. The molecular weight excluding hydrogens is 340 g/mol. The molecule has 2 aromatic carbocycles. The molecule has 0 atom stereocenters. The fourth-order valence-corrected chi connectivity index (χ4v) is 3.55. The van der Waals surface area contributed by atoms with E-state index in [1.165, 1.54) is 11.1 Å². The van der Waals surface area contributed by atoms with Crippen molar-refractivity contribution in [2.45, 2.75) is 19.5 Å². The first-order valence-corrected chi connectivity index (χ1v) is 9.11. The van der Waals surface area contributed by atoms with Gasteiger partial charge < -0.3 is 19.7 Å². The van der Waals surface area contributed by atoms with Gasteiger partial charge in [-0.2, -0.15) is 0 Å². The number of rotatable bonds is 4. The Bertz CT molecular complexity index is 976. The van der Waals surface area contributed by atoms with Crippen molar-refractivity contribution in [1.29, 1.82) is 0 Å². The summed E-state index contributed by atoms with van der Waals surface area (Å²) in [5, 5.41) is 3.38. The predicted molar refractivity (Wildman–Crippen MR) is 103 cm³/mol. The number of benzene rings is 2. The number of fused-ring (bicyclic) bond motifs is 2. The Labute approximate surface area is 157 Å². The normalized spacial score (nSPS) is 14.7. The number of nitrogens with one attached hydrogen (secondary N) is 1. The molecule has 0 radical (unpaired) electrons. The number of ether oxygens (including phenoxy) is 2. The summed E-state index contributed by atoms with van der Waals surface area (Å²) in [4.78, 5) is 11.1. The zero-order chi connectivity index (χ0) is 18.1. The molecule has 6 nitrogen and oxygen atoms in total. The van der Waals surface area contributed by atoms with E-state index in [9.17, 15) is 0 Å². The fraction of sp³-hybridized carbons (Fsp3) is 0.238. The van der Waals surface area contributed by atoms with Gasteiger partial charge in [0.25, 0.3) is 0 Å². The number of nitrogens with zero attached hydrogens (tertiary/aromatic N) is 3. The summed E-state index contributed by atoms with van der Waals surface area (Å²) in [5.74, 6) is 3.36. The molecule has 0 bridgehead atoms. The summed E-state index contributed by atoms with van der Waals surface area (Å²) in [5.41, 5.74) is 3.92. The standard InChI is InChI=1S/C21H20N4O2/c1-2-4-17-12-25(8-7-16(17)3-1)21-10-20(23-13-24-21)22-11-15-5-6-18-19(9-15)27-14-26-18/h1-6,9-10,13H,7-8,11-12,14H2,(H,22,23,24). The molecule has 2 aliphatic rings. The maximum absolute atomic E-state index is 5.44. The number of anilines is 2. The third-order valence-electron chi connectivity index (χ3n) is 5.02. The van der Waals surface area contributed by atoms with Crippen LogP contribution in [0.5, 0.6) is 11.5 Å². The lowest BCUT2D eigenvalue weighted by atomic mass is 10.00. The Balaban J connectivity index is 1.28. The average Bonchev–Trinajstić information content (AvgIpc) is 3.20. The van der Waals surface area contributed by atoms with E-state index in [0.717, 1.165) is 48.2 Å². The van der Waals surface area contributed by atoms with E-state index in [-0.39, 0.29) is 0 Å². The molecule has 6 heteroatoms. The van der Waals surface area contributed by atoms with Crippen LogP contribution in [0.2, 0.25) is 0 Å². The van der Waals surface area contributed by atoms with E-state index in [2.05, 4.69) is 44.5 Å². The molecule has 0 saturated carbocycles. The Morgan fingerprint density at radius 2 is 1.85 bits per heavy atom. The molecule has 1 aromatic heterocycles. The molecule has 3 heterocycles. The van der Waals surface area contributed by atoms with Gasteiger partial charge in [0.05, 0.1) is 0 Å². The Morgan fingerprint density at radius 3 is 2.81 bits per heavy atom. The third kappa shape index (κ3) is 3.26. The molecule has 1 N–H and O–H groups in total. The summed E-state index contributed by atoms with van der Waals surface area (Å²) in [6, 6.07) is 16.6. The van der Waals surface area contributed by atoms with Crippen LogP contribution in [-0.4, -0.2) is 23.3 Å². The van der Waals surface area contributed by atoms with E-state index in [0.29, 0.717) is 13.3 Å². The summed E-state index contributed by atoms with van der Waals surface area (Å²) in [6.07, 6.45) is 2.66. The predicted octanol–water partition coefficient (Wildman–Crippen LogP) is 3.38. The van der Waals surface area contributed by atoms with Gasteiger partial charge in [-0.15, -0.1) is 0 Å². The minimum atomic E-state index is 0.292. The minimum absolute atomic E-state index is 0.292. The zero-order valence-corrected chi connectivity index (χ0v) is 14.9. The molecule has 0 unspecified atom stereocenters. The van der Waals surface area contributed by atoms with Crippen LogP contribution in [0.1, 0.15) is 16.7 Å². The van der Waals surface area contributed by atoms with Crippen LogP contribution in [-0.2, 0) is 19.5 Å². The van der Waals surface area contributed by atoms with Crippen molar-refractivity contribution in [3.05, 3.63) is 71.5 Å². The zero-order valence-electron chi connectivity index (χ0n) is 14.9. The van der Waals surface area contributed by atoms with E-state index in [4.69, 9.17) is 9.47 Å². The molecule has 3 aromatic rings. The molecule has 136 valence electrons. The van der Waals surface area contributed by atoms with Gasteiger partial charge >= 0.3 is 0 Å². The van der Waals surface area contributed by atoms with Gasteiger partial charge in [-0.05, 0) is 35.2 Å². The quantitative estimate of drug-likeness (QED) is 0.770. The van der Waals surface area contributed by atoms with E-state index in [1.54, 1.807) is 6.33 Å².